The number of halogens is 1. The van der Waals surface area contributed by atoms with Gasteiger partial charge in [-0.3, -0.25) is 4.79 Å². The molecule has 15 heavy (non-hydrogen) atoms. The van der Waals surface area contributed by atoms with Gasteiger partial charge in [-0.05, 0) is 31.9 Å². The lowest BCUT2D eigenvalue weighted by Gasteiger charge is -2.04. The van der Waals surface area contributed by atoms with E-state index in [0.29, 0.717) is 18.1 Å². The van der Waals surface area contributed by atoms with Crippen molar-refractivity contribution in [3.63, 3.8) is 0 Å². The summed E-state index contributed by atoms with van der Waals surface area (Å²) in [5.74, 6) is 1.22. The van der Waals surface area contributed by atoms with Gasteiger partial charge in [0.25, 0.3) is 0 Å². The molecule has 1 aromatic heterocycles. The van der Waals surface area contributed by atoms with Crippen LogP contribution in [-0.2, 0) is 4.79 Å². The minimum atomic E-state index is -0.00165. The molecule has 0 saturated heterocycles. The van der Waals surface area contributed by atoms with Crippen LogP contribution in [0, 0.1) is 6.92 Å². The van der Waals surface area contributed by atoms with Crippen LogP contribution in [-0.4, -0.2) is 16.8 Å². The molecule has 0 aliphatic heterocycles. The zero-order valence-corrected chi connectivity index (χ0v) is 9.55. The van der Waals surface area contributed by atoms with Crippen LogP contribution in [0.3, 0.4) is 0 Å². The molecule has 4 heteroatoms. The van der Waals surface area contributed by atoms with E-state index in [4.69, 9.17) is 11.6 Å². The molecule has 0 unspecified atom stereocenters. The van der Waals surface area contributed by atoms with E-state index in [-0.39, 0.29) is 5.91 Å². The third-order valence-corrected chi connectivity index (χ3v) is 2.21. The Morgan fingerprint density at radius 3 is 2.93 bits per heavy atom. The average molecular weight is 227 g/mol. The van der Waals surface area contributed by atoms with Gasteiger partial charge in [0, 0.05) is 18.0 Å². The number of carbonyl (C=O) groups is 1. The molecule has 0 fully saturated rings. The second-order valence-electron chi connectivity index (χ2n) is 3.36. The topological polar surface area (TPSA) is 42.0 Å². The van der Waals surface area contributed by atoms with Gasteiger partial charge in [-0.2, -0.15) is 0 Å². The molecule has 1 aromatic rings. The molecule has 0 bridgehead atoms. The van der Waals surface area contributed by atoms with Gasteiger partial charge >= 0.3 is 0 Å². The lowest BCUT2D eigenvalue weighted by molar-refractivity contribution is -0.116. The number of anilines is 1. The first kappa shape index (κ1) is 12.0. The fraction of sp³-hybridized carbons (Fsp3) is 0.455. The first-order chi connectivity index (χ1) is 7.22. The van der Waals surface area contributed by atoms with Crippen molar-refractivity contribution in [1.29, 1.82) is 0 Å². The van der Waals surface area contributed by atoms with E-state index in [1.54, 1.807) is 6.07 Å². The molecule has 0 aromatic carbocycles. The monoisotopic (exact) mass is 226 g/mol. The van der Waals surface area contributed by atoms with Gasteiger partial charge in [-0.1, -0.05) is 6.07 Å². The number of pyridine rings is 1. The maximum Gasteiger partial charge on any atom is 0.225 e. The Labute approximate surface area is 94.9 Å². The molecule has 0 aliphatic rings. The zero-order valence-electron chi connectivity index (χ0n) is 8.79. The number of amides is 1. The fourth-order valence-corrected chi connectivity index (χ4v) is 1.39. The van der Waals surface area contributed by atoms with E-state index < -0.39 is 0 Å². The summed E-state index contributed by atoms with van der Waals surface area (Å²) >= 11 is 5.52. The molecule has 82 valence electrons. The van der Waals surface area contributed by atoms with Crippen molar-refractivity contribution in [2.24, 2.45) is 0 Å². The summed E-state index contributed by atoms with van der Waals surface area (Å²) in [5, 5.41) is 2.75. The molecule has 0 aliphatic carbocycles. The van der Waals surface area contributed by atoms with Gasteiger partial charge in [-0.15, -0.1) is 11.6 Å². The van der Waals surface area contributed by atoms with E-state index in [1.807, 2.05) is 19.1 Å². The van der Waals surface area contributed by atoms with Gasteiger partial charge < -0.3 is 5.32 Å². The Balaban J connectivity index is 2.37. The Morgan fingerprint density at radius 2 is 2.27 bits per heavy atom. The molecular weight excluding hydrogens is 212 g/mol. The summed E-state index contributed by atoms with van der Waals surface area (Å²) < 4.78 is 0. The molecule has 1 heterocycles. The summed E-state index contributed by atoms with van der Waals surface area (Å²) in [7, 11) is 0. The zero-order chi connectivity index (χ0) is 11.1. The van der Waals surface area contributed by atoms with Crippen molar-refractivity contribution in [2.75, 3.05) is 11.2 Å². The average Bonchev–Trinajstić information content (AvgIpc) is 2.18. The smallest absolute Gasteiger partial charge is 0.225 e. The third kappa shape index (κ3) is 4.79. The maximum absolute atomic E-state index is 11.4. The lowest BCUT2D eigenvalue weighted by atomic mass is 10.2. The third-order valence-electron chi connectivity index (χ3n) is 1.94. The van der Waals surface area contributed by atoms with Crippen LogP contribution in [0.2, 0.25) is 0 Å². The number of nitrogens with zero attached hydrogens (tertiary/aromatic N) is 1. The number of rotatable bonds is 5. The molecule has 0 radical (unpaired) electrons. The minimum Gasteiger partial charge on any atom is -0.311 e. The normalized spacial score (nSPS) is 10.0. The highest BCUT2D eigenvalue weighted by Gasteiger charge is 2.02. The number of aromatic nitrogens is 1. The number of hydrogen-bond acceptors (Lipinski definition) is 2. The standard InChI is InChI=1S/C11H15ClN2O/c1-9-5-4-6-10(13-9)14-11(15)7-2-3-8-12/h4-6H,2-3,7-8H2,1H3,(H,13,14,15). The molecule has 0 saturated carbocycles. The Hall–Kier alpha value is -1.09. The van der Waals surface area contributed by atoms with Crippen LogP contribution in [0.15, 0.2) is 18.2 Å². The van der Waals surface area contributed by atoms with Gasteiger partial charge in [-0.25, -0.2) is 4.98 Å². The van der Waals surface area contributed by atoms with Crippen molar-refractivity contribution in [3.8, 4) is 0 Å². The molecular formula is C11H15ClN2O. The fourth-order valence-electron chi connectivity index (χ4n) is 1.20. The first-order valence-electron chi connectivity index (χ1n) is 5.02. The van der Waals surface area contributed by atoms with E-state index >= 15 is 0 Å². The number of unbranched alkanes of at least 4 members (excludes halogenated alkanes) is 1. The van der Waals surface area contributed by atoms with Crippen molar-refractivity contribution >= 4 is 23.3 Å². The molecule has 0 spiro atoms. The van der Waals surface area contributed by atoms with Crippen LogP contribution >= 0.6 is 11.6 Å². The van der Waals surface area contributed by atoms with Crippen LogP contribution in [0.5, 0.6) is 0 Å². The van der Waals surface area contributed by atoms with Crippen molar-refractivity contribution in [1.82, 2.24) is 4.98 Å². The number of aryl methyl sites for hydroxylation is 1. The summed E-state index contributed by atoms with van der Waals surface area (Å²) in [6, 6.07) is 5.55. The van der Waals surface area contributed by atoms with E-state index in [1.165, 1.54) is 0 Å². The van der Waals surface area contributed by atoms with Crippen LogP contribution in [0.4, 0.5) is 5.82 Å². The number of nitrogens with one attached hydrogen (secondary N) is 1. The Kier molecular flexibility index (Phi) is 5.12. The van der Waals surface area contributed by atoms with Crippen LogP contribution < -0.4 is 5.32 Å². The first-order valence-corrected chi connectivity index (χ1v) is 5.55. The molecule has 0 atom stereocenters. The molecule has 1 amide bonds. The van der Waals surface area contributed by atoms with E-state index in [2.05, 4.69) is 10.3 Å². The highest BCUT2D eigenvalue weighted by Crippen LogP contribution is 2.05. The highest BCUT2D eigenvalue weighted by molar-refractivity contribution is 6.17. The maximum atomic E-state index is 11.4. The highest BCUT2D eigenvalue weighted by atomic mass is 35.5. The van der Waals surface area contributed by atoms with E-state index in [9.17, 15) is 4.79 Å². The molecule has 3 nitrogen and oxygen atoms in total. The van der Waals surface area contributed by atoms with Crippen molar-refractivity contribution < 1.29 is 4.79 Å². The summed E-state index contributed by atoms with van der Waals surface area (Å²) in [6.45, 7) is 1.89. The Bertz CT molecular complexity index is 328. The van der Waals surface area contributed by atoms with Gasteiger partial charge in [0.15, 0.2) is 0 Å². The summed E-state index contributed by atoms with van der Waals surface area (Å²) in [5.41, 5.74) is 0.897. The summed E-state index contributed by atoms with van der Waals surface area (Å²) in [4.78, 5) is 15.6. The number of hydrogen-bond donors (Lipinski definition) is 1. The van der Waals surface area contributed by atoms with Gasteiger partial charge in [0.05, 0.1) is 0 Å². The lowest BCUT2D eigenvalue weighted by Crippen LogP contribution is -2.12. The second-order valence-corrected chi connectivity index (χ2v) is 3.74. The predicted molar refractivity (Wildman–Crippen MR) is 62.2 cm³/mol. The van der Waals surface area contributed by atoms with Crippen LogP contribution in [0.1, 0.15) is 25.0 Å². The minimum absolute atomic E-state index is 0.00165. The van der Waals surface area contributed by atoms with Gasteiger partial charge in [0.1, 0.15) is 5.82 Å². The second kappa shape index (κ2) is 6.40. The largest absolute Gasteiger partial charge is 0.311 e. The SMILES string of the molecule is Cc1cccc(NC(=O)CCCCCl)n1. The summed E-state index contributed by atoms with van der Waals surface area (Å²) in [6.07, 6.45) is 2.19. The van der Waals surface area contributed by atoms with Crippen molar-refractivity contribution in [3.05, 3.63) is 23.9 Å². The molecule has 1 N–H and O–H groups in total. The van der Waals surface area contributed by atoms with E-state index in [0.717, 1.165) is 18.5 Å². The van der Waals surface area contributed by atoms with Crippen LogP contribution in [0.25, 0.3) is 0 Å². The van der Waals surface area contributed by atoms with Gasteiger partial charge in [0.2, 0.25) is 5.91 Å². The van der Waals surface area contributed by atoms with Crippen molar-refractivity contribution in [2.45, 2.75) is 26.2 Å². The number of carbonyl (C=O) groups excluding carboxylic acids is 1. The predicted octanol–water partition coefficient (Wildman–Crippen LogP) is 2.74. The quantitative estimate of drug-likeness (QED) is 0.620. The Morgan fingerprint density at radius 1 is 1.47 bits per heavy atom. The number of alkyl halides is 1. The molecule has 1 rings (SSSR count).